The summed E-state index contributed by atoms with van der Waals surface area (Å²) in [4.78, 5) is 11.3. The minimum Gasteiger partial charge on any atom is -0.493 e. The van der Waals surface area contributed by atoms with E-state index in [2.05, 4.69) is 10.1 Å². The van der Waals surface area contributed by atoms with Crippen LogP contribution in [0.5, 0.6) is 17.2 Å². The quantitative estimate of drug-likeness (QED) is 0.805. The predicted molar refractivity (Wildman–Crippen MR) is 67.4 cm³/mol. The van der Waals surface area contributed by atoms with Gasteiger partial charge in [-0.1, -0.05) is 0 Å². The molecule has 0 aromatic heterocycles. The van der Waals surface area contributed by atoms with Gasteiger partial charge in [-0.05, 0) is 24.6 Å². The Morgan fingerprint density at radius 1 is 1.42 bits per heavy atom. The van der Waals surface area contributed by atoms with Crippen molar-refractivity contribution in [2.45, 2.75) is 19.5 Å². The van der Waals surface area contributed by atoms with E-state index in [4.69, 9.17) is 14.2 Å². The van der Waals surface area contributed by atoms with Gasteiger partial charge in [-0.25, -0.2) is 0 Å². The average Bonchev–Trinajstić information content (AvgIpc) is 2.91. The third kappa shape index (κ3) is 2.90. The summed E-state index contributed by atoms with van der Waals surface area (Å²) in [6.45, 7) is 2.44. The molecule has 0 spiro atoms. The molecule has 1 aliphatic heterocycles. The summed E-state index contributed by atoms with van der Waals surface area (Å²) in [5.74, 6) is 1.60. The van der Waals surface area contributed by atoms with E-state index in [1.807, 2.05) is 12.1 Å². The standard InChI is InChI=1S/C13H17NO5/c1-8(13(15)17-3)14-6-9-4-10(16-2)12-11(5-9)18-7-19-12/h4-5,8,14H,6-7H2,1-3H3. The fourth-order valence-corrected chi connectivity index (χ4v) is 1.82. The van der Waals surface area contributed by atoms with E-state index in [9.17, 15) is 4.79 Å². The van der Waals surface area contributed by atoms with Crippen LogP contribution in [-0.4, -0.2) is 33.0 Å². The minimum atomic E-state index is -0.374. The fraction of sp³-hybridized carbons (Fsp3) is 0.462. The van der Waals surface area contributed by atoms with E-state index < -0.39 is 0 Å². The number of ether oxygens (including phenoxy) is 4. The molecule has 1 aliphatic rings. The van der Waals surface area contributed by atoms with Gasteiger partial charge >= 0.3 is 5.97 Å². The van der Waals surface area contributed by atoms with Crippen molar-refractivity contribution < 1.29 is 23.7 Å². The van der Waals surface area contributed by atoms with Crippen molar-refractivity contribution in [3.8, 4) is 17.2 Å². The zero-order chi connectivity index (χ0) is 13.8. The molecule has 0 radical (unpaired) electrons. The lowest BCUT2D eigenvalue weighted by Crippen LogP contribution is -2.34. The van der Waals surface area contributed by atoms with Crippen molar-refractivity contribution >= 4 is 5.97 Å². The van der Waals surface area contributed by atoms with E-state index >= 15 is 0 Å². The van der Waals surface area contributed by atoms with E-state index in [0.717, 1.165) is 5.56 Å². The molecule has 0 bridgehead atoms. The second kappa shape index (κ2) is 5.79. The molecule has 0 saturated carbocycles. The molecule has 1 aromatic rings. The van der Waals surface area contributed by atoms with E-state index in [1.54, 1.807) is 14.0 Å². The van der Waals surface area contributed by atoms with E-state index in [1.165, 1.54) is 7.11 Å². The topological polar surface area (TPSA) is 66.0 Å². The van der Waals surface area contributed by atoms with Crippen molar-refractivity contribution in [2.75, 3.05) is 21.0 Å². The summed E-state index contributed by atoms with van der Waals surface area (Å²) in [5.41, 5.74) is 0.942. The zero-order valence-corrected chi connectivity index (χ0v) is 11.2. The van der Waals surface area contributed by atoms with Crippen LogP contribution >= 0.6 is 0 Å². The highest BCUT2D eigenvalue weighted by molar-refractivity contribution is 5.75. The first-order chi connectivity index (χ1) is 9.15. The Hall–Kier alpha value is -1.95. The maximum absolute atomic E-state index is 11.3. The van der Waals surface area contributed by atoms with Crippen LogP contribution in [0.25, 0.3) is 0 Å². The molecule has 6 nitrogen and oxygen atoms in total. The van der Waals surface area contributed by atoms with Gasteiger partial charge in [0, 0.05) is 6.54 Å². The monoisotopic (exact) mass is 267 g/mol. The van der Waals surface area contributed by atoms with Gasteiger partial charge in [-0.3, -0.25) is 4.79 Å². The first kappa shape index (κ1) is 13.5. The van der Waals surface area contributed by atoms with Gasteiger partial charge in [0.25, 0.3) is 0 Å². The third-order valence-corrected chi connectivity index (χ3v) is 2.89. The number of methoxy groups -OCH3 is 2. The van der Waals surface area contributed by atoms with Crippen LogP contribution in [-0.2, 0) is 16.1 Å². The second-order valence-electron chi connectivity index (χ2n) is 4.16. The fourth-order valence-electron chi connectivity index (χ4n) is 1.82. The van der Waals surface area contributed by atoms with E-state index in [-0.39, 0.29) is 18.8 Å². The first-order valence-corrected chi connectivity index (χ1v) is 5.93. The summed E-state index contributed by atoms with van der Waals surface area (Å²) >= 11 is 0. The van der Waals surface area contributed by atoms with Crippen LogP contribution in [0.2, 0.25) is 0 Å². The number of nitrogens with one attached hydrogen (secondary N) is 1. The predicted octanol–water partition coefficient (Wildman–Crippen LogP) is 1.07. The molecule has 6 heteroatoms. The van der Waals surface area contributed by atoms with Crippen molar-refractivity contribution in [1.29, 1.82) is 0 Å². The highest BCUT2D eigenvalue weighted by Gasteiger charge is 2.20. The van der Waals surface area contributed by atoms with Crippen LogP contribution in [0.15, 0.2) is 12.1 Å². The molecule has 1 aromatic carbocycles. The lowest BCUT2D eigenvalue weighted by atomic mass is 10.1. The molecule has 0 amide bonds. The molecule has 1 atom stereocenters. The molecular formula is C13H17NO5. The molecule has 2 rings (SSSR count). The van der Waals surface area contributed by atoms with Crippen LogP contribution in [0, 0.1) is 0 Å². The van der Waals surface area contributed by atoms with Gasteiger partial charge in [0.1, 0.15) is 6.04 Å². The molecule has 19 heavy (non-hydrogen) atoms. The lowest BCUT2D eigenvalue weighted by molar-refractivity contribution is -0.142. The molecule has 1 N–H and O–H groups in total. The number of rotatable bonds is 5. The number of esters is 1. The normalized spacial score (nSPS) is 14.1. The lowest BCUT2D eigenvalue weighted by Gasteiger charge is -2.12. The van der Waals surface area contributed by atoms with Gasteiger partial charge in [0.05, 0.1) is 14.2 Å². The van der Waals surface area contributed by atoms with Gasteiger partial charge in [0.2, 0.25) is 12.5 Å². The summed E-state index contributed by atoms with van der Waals surface area (Å²) in [7, 11) is 2.94. The molecule has 0 fully saturated rings. The van der Waals surface area contributed by atoms with Crippen LogP contribution in [0.1, 0.15) is 12.5 Å². The Bertz CT molecular complexity index is 474. The van der Waals surface area contributed by atoms with Crippen LogP contribution in [0.4, 0.5) is 0 Å². The number of hydrogen-bond acceptors (Lipinski definition) is 6. The smallest absolute Gasteiger partial charge is 0.322 e. The Labute approximate surface area is 111 Å². The summed E-state index contributed by atoms with van der Waals surface area (Å²) in [5, 5.41) is 3.07. The number of carbonyl (C=O) groups excluding carboxylic acids is 1. The van der Waals surface area contributed by atoms with Gasteiger partial charge in [-0.2, -0.15) is 0 Å². The highest BCUT2D eigenvalue weighted by Crippen LogP contribution is 2.41. The van der Waals surface area contributed by atoms with Crippen molar-refractivity contribution in [3.63, 3.8) is 0 Å². The number of carbonyl (C=O) groups is 1. The highest BCUT2D eigenvalue weighted by atomic mass is 16.7. The Morgan fingerprint density at radius 2 is 2.21 bits per heavy atom. The molecule has 1 heterocycles. The average molecular weight is 267 g/mol. The van der Waals surface area contributed by atoms with Gasteiger partial charge in [0.15, 0.2) is 11.5 Å². The zero-order valence-electron chi connectivity index (χ0n) is 11.2. The largest absolute Gasteiger partial charge is 0.493 e. The van der Waals surface area contributed by atoms with Crippen LogP contribution < -0.4 is 19.5 Å². The van der Waals surface area contributed by atoms with Gasteiger partial charge in [-0.15, -0.1) is 0 Å². The maximum atomic E-state index is 11.3. The van der Waals surface area contributed by atoms with E-state index in [0.29, 0.717) is 23.8 Å². The third-order valence-electron chi connectivity index (χ3n) is 2.89. The molecule has 1 unspecified atom stereocenters. The molecule has 104 valence electrons. The second-order valence-corrected chi connectivity index (χ2v) is 4.16. The number of fused-ring (bicyclic) bond motifs is 1. The molecule has 0 aliphatic carbocycles. The summed E-state index contributed by atoms with van der Waals surface area (Å²) in [6, 6.07) is 3.34. The number of hydrogen-bond donors (Lipinski definition) is 1. The van der Waals surface area contributed by atoms with Crippen molar-refractivity contribution in [2.24, 2.45) is 0 Å². The van der Waals surface area contributed by atoms with Crippen molar-refractivity contribution in [1.82, 2.24) is 5.32 Å². The van der Waals surface area contributed by atoms with Crippen LogP contribution in [0.3, 0.4) is 0 Å². The summed E-state index contributed by atoms with van der Waals surface area (Å²) < 4.78 is 20.5. The van der Waals surface area contributed by atoms with Crippen molar-refractivity contribution in [3.05, 3.63) is 17.7 Å². The maximum Gasteiger partial charge on any atom is 0.322 e. The number of benzene rings is 1. The summed E-state index contributed by atoms with van der Waals surface area (Å²) in [6.07, 6.45) is 0. The first-order valence-electron chi connectivity index (χ1n) is 5.93. The molecular weight excluding hydrogens is 250 g/mol. The molecule has 0 saturated heterocycles. The minimum absolute atomic E-state index is 0.196. The Kier molecular flexibility index (Phi) is 4.11. The Balaban J connectivity index is 2.07. The van der Waals surface area contributed by atoms with Gasteiger partial charge < -0.3 is 24.3 Å². The Morgan fingerprint density at radius 3 is 2.89 bits per heavy atom. The SMILES string of the molecule is COC(=O)C(C)NCc1cc(OC)c2c(c1)OCO2.